The molecule has 0 amide bonds. The molecule has 0 radical (unpaired) electrons. The summed E-state index contributed by atoms with van der Waals surface area (Å²) < 4.78 is 38.4. The number of hydrogen-bond acceptors (Lipinski definition) is 3. The summed E-state index contributed by atoms with van der Waals surface area (Å²) >= 11 is 5.78. The summed E-state index contributed by atoms with van der Waals surface area (Å²) in [5.41, 5.74) is 0.725. The van der Waals surface area contributed by atoms with Crippen LogP contribution in [-0.2, 0) is 9.84 Å². The van der Waals surface area contributed by atoms with Gasteiger partial charge in [0.2, 0.25) is 0 Å². The van der Waals surface area contributed by atoms with Crippen molar-refractivity contribution in [2.45, 2.75) is 16.1 Å². The fourth-order valence-electron chi connectivity index (χ4n) is 2.89. The molecule has 1 fully saturated rings. The molecule has 0 aromatic heterocycles. The van der Waals surface area contributed by atoms with Crippen LogP contribution in [0.4, 0.5) is 4.39 Å². The number of hydrogen-bond donors (Lipinski definition) is 1. The van der Waals surface area contributed by atoms with Gasteiger partial charge in [0, 0.05) is 23.5 Å². The topological polar surface area (TPSA) is 54.4 Å². The van der Waals surface area contributed by atoms with Crippen molar-refractivity contribution in [2.75, 3.05) is 6.61 Å². The summed E-state index contributed by atoms with van der Waals surface area (Å²) in [6.45, 7) is -0.223. The van der Waals surface area contributed by atoms with Crippen LogP contribution in [0.15, 0.2) is 53.4 Å². The number of sulfone groups is 1. The number of rotatable bonds is 4. The third-order valence-electron chi connectivity index (χ3n) is 4.06. The molecule has 6 heteroatoms. The molecule has 0 bridgehead atoms. The third-order valence-corrected chi connectivity index (χ3v) is 6.60. The van der Waals surface area contributed by atoms with E-state index in [0.717, 1.165) is 5.56 Å². The zero-order valence-corrected chi connectivity index (χ0v) is 13.1. The Hall–Kier alpha value is -1.43. The highest BCUT2D eigenvalue weighted by atomic mass is 35.5. The molecule has 0 aliphatic heterocycles. The van der Waals surface area contributed by atoms with Crippen molar-refractivity contribution in [1.29, 1.82) is 0 Å². The highest BCUT2D eigenvalue weighted by Gasteiger charge is 2.58. The van der Waals surface area contributed by atoms with Crippen LogP contribution in [0.5, 0.6) is 0 Å². The summed E-state index contributed by atoms with van der Waals surface area (Å²) in [6.07, 6.45) is 0. The van der Waals surface area contributed by atoms with Crippen LogP contribution in [0.1, 0.15) is 11.5 Å². The number of benzene rings is 2. The van der Waals surface area contributed by atoms with Crippen molar-refractivity contribution in [2.24, 2.45) is 5.92 Å². The standard InChI is InChI=1S/C16H14ClFO3S/c17-11-3-7-13(8-4-11)22(20,21)16-14(9-19)15(16)10-1-5-12(18)6-2-10/h1-8,14-16,19H,9H2/t14-,15+,16+/m0/s1. The summed E-state index contributed by atoms with van der Waals surface area (Å²) in [6, 6.07) is 11.7. The number of halogens is 2. The van der Waals surface area contributed by atoms with Crippen LogP contribution < -0.4 is 0 Å². The molecular formula is C16H14ClFO3S. The first-order chi connectivity index (χ1) is 10.4. The largest absolute Gasteiger partial charge is 0.396 e. The molecular weight excluding hydrogens is 327 g/mol. The molecule has 3 nitrogen and oxygen atoms in total. The van der Waals surface area contributed by atoms with Crippen LogP contribution in [0.25, 0.3) is 0 Å². The lowest BCUT2D eigenvalue weighted by Gasteiger charge is -2.04. The van der Waals surface area contributed by atoms with Crippen LogP contribution in [0, 0.1) is 11.7 Å². The minimum Gasteiger partial charge on any atom is -0.396 e. The van der Waals surface area contributed by atoms with Crippen LogP contribution in [0.3, 0.4) is 0 Å². The Bertz CT molecular complexity index is 772. The maximum absolute atomic E-state index is 13.0. The van der Waals surface area contributed by atoms with Gasteiger partial charge in [0.1, 0.15) is 5.82 Å². The Morgan fingerprint density at radius 1 is 1.05 bits per heavy atom. The van der Waals surface area contributed by atoms with Gasteiger partial charge in [-0.15, -0.1) is 0 Å². The first kappa shape index (κ1) is 15.5. The number of aliphatic hydroxyl groups is 1. The second kappa shape index (κ2) is 5.65. The molecule has 2 aromatic carbocycles. The first-order valence-electron chi connectivity index (χ1n) is 6.81. The van der Waals surface area contributed by atoms with Crippen LogP contribution >= 0.6 is 11.6 Å². The Kier molecular flexibility index (Phi) is 3.97. The molecule has 3 atom stereocenters. The predicted molar refractivity (Wildman–Crippen MR) is 82.1 cm³/mol. The second-order valence-corrected chi connectivity index (χ2v) is 7.93. The lowest BCUT2D eigenvalue weighted by Crippen LogP contribution is -2.11. The second-order valence-electron chi connectivity index (χ2n) is 5.39. The van der Waals surface area contributed by atoms with E-state index in [9.17, 15) is 17.9 Å². The Balaban J connectivity index is 1.93. The van der Waals surface area contributed by atoms with Crippen molar-refractivity contribution in [3.8, 4) is 0 Å². The van der Waals surface area contributed by atoms with Gasteiger partial charge in [0.05, 0.1) is 10.1 Å². The monoisotopic (exact) mass is 340 g/mol. The Morgan fingerprint density at radius 3 is 2.18 bits per heavy atom. The summed E-state index contributed by atoms with van der Waals surface area (Å²) in [5, 5.41) is 9.23. The van der Waals surface area contributed by atoms with E-state index >= 15 is 0 Å². The molecule has 3 rings (SSSR count). The fraction of sp³-hybridized carbons (Fsp3) is 0.250. The van der Waals surface area contributed by atoms with E-state index in [2.05, 4.69) is 0 Å². The van der Waals surface area contributed by atoms with Crippen LogP contribution in [-0.4, -0.2) is 25.4 Å². The van der Waals surface area contributed by atoms with Crippen molar-refractivity contribution in [3.05, 3.63) is 64.9 Å². The fourth-order valence-corrected chi connectivity index (χ4v) is 5.21. The number of aliphatic hydroxyl groups excluding tert-OH is 1. The molecule has 22 heavy (non-hydrogen) atoms. The van der Waals surface area contributed by atoms with Gasteiger partial charge in [0.25, 0.3) is 0 Å². The molecule has 1 aliphatic carbocycles. The van der Waals surface area contributed by atoms with Gasteiger partial charge in [0.15, 0.2) is 9.84 Å². The van der Waals surface area contributed by atoms with Crippen molar-refractivity contribution in [3.63, 3.8) is 0 Å². The van der Waals surface area contributed by atoms with E-state index in [1.807, 2.05) is 0 Å². The van der Waals surface area contributed by atoms with Gasteiger partial charge in [-0.25, -0.2) is 12.8 Å². The summed E-state index contributed by atoms with van der Waals surface area (Å²) in [4.78, 5) is 0.185. The van der Waals surface area contributed by atoms with Gasteiger partial charge in [-0.1, -0.05) is 23.7 Å². The van der Waals surface area contributed by atoms with Crippen molar-refractivity contribution >= 4 is 21.4 Å². The molecule has 116 valence electrons. The van der Waals surface area contributed by atoms with Crippen molar-refractivity contribution in [1.82, 2.24) is 0 Å². The Labute approximate surface area is 133 Å². The smallest absolute Gasteiger partial charge is 0.182 e. The predicted octanol–water partition coefficient (Wildman–Crippen LogP) is 3.03. The SMILES string of the molecule is O=S(=O)(c1ccc(Cl)cc1)[C@@H]1[C@@H](CO)[C@H]1c1ccc(F)cc1. The lowest BCUT2D eigenvalue weighted by molar-refractivity contribution is 0.274. The van der Waals surface area contributed by atoms with E-state index in [1.165, 1.54) is 36.4 Å². The van der Waals surface area contributed by atoms with Gasteiger partial charge in [-0.2, -0.15) is 0 Å². The van der Waals surface area contributed by atoms with E-state index in [4.69, 9.17) is 11.6 Å². The van der Waals surface area contributed by atoms with E-state index in [1.54, 1.807) is 12.1 Å². The normalized spacial score (nSPS) is 24.2. The summed E-state index contributed by atoms with van der Waals surface area (Å²) in [5.74, 6) is -1.06. The lowest BCUT2D eigenvalue weighted by atomic mass is 10.1. The minimum absolute atomic E-state index is 0.185. The van der Waals surface area contributed by atoms with Gasteiger partial charge < -0.3 is 5.11 Å². The molecule has 0 heterocycles. The van der Waals surface area contributed by atoms with E-state index < -0.39 is 15.1 Å². The average molecular weight is 341 g/mol. The van der Waals surface area contributed by atoms with E-state index in [0.29, 0.717) is 5.02 Å². The third kappa shape index (κ3) is 2.64. The zero-order valence-electron chi connectivity index (χ0n) is 11.5. The quantitative estimate of drug-likeness (QED) is 0.930. The first-order valence-corrected chi connectivity index (χ1v) is 8.73. The van der Waals surface area contributed by atoms with Gasteiger partial charge in [-0.05, 0) is 42.0 Å². The maximum Gasteiger partial charge on any atom is 0.182 e. The highest BCUT2D eigenvalue weighted by molar-refractivity contribution is 7.92. The molecule has 1 saturated carbocycles. The molecule has 0 unspecified atom stereocenters. The molecule has 0 saturated heterocycles. The van der Waals surface area contributed by atoms with Gasteiger partial charge >= 0.3 is 0 Å². The average Bonchev–Trinajstić information content (AvgIpc) is 3.24. The van der Waals surface area contributed by atoms with Gasteiger partial charge in [-0.3, -0.25) is 0 Å². The molecule has 2 aromatic rings. The Morgan fingerprint density at radius 2 is 1.64 bits per heavy atom. The zero-order chi connectivity index (χ0) is 15.9. The van der Waals surface area contributed by atoms with Crippen molar-refractivity contribution < 1.29 is 17.9 Å². The summed E-state index contributed by atoms with van der Waals surface area (Å²) in [7, 11) is -3.56. The van der Waals surface area contributed by atoms with Crippen LogP contribution in [0.2, 0.25) is 5.02 Å². The molecule has 1 N–H and O–H groups in total. The molecule has 0 spiro atoms. The maximum atomic E-state index is 13.0. The molecule has 1 aliphatic rings. The minimum atomic E-state index is -3.56. The highest BCUT2D eigenvalue weighted by Crippen LogP contribution is 2.53. The van der Waals surface area contributed by atoms with E-state index in [-0.39, 0.29) is 29.2 Å².